The van der Waals surface area contributed by atoms with Crippen molar-refractivity contribution in [3.8, 4) is 6.07 Å². The molecule has 5 heteroatoms. The number of hydrogen-bond acceptors (Lipinski definition) is 4. The number of piperidine rings is 1. The van der Waals surface area contributed by atoms with Gasteiger partial charge in [0.25, 0.3) is 0 Å². The highest BCUT2D eigenvalue weighted by Gasteiger charge is 2.51. The van der Waals surface area contributed by atoms with E-state index in [0.717, 1.165) is 19.4 Å². The molecular formula is C15H28ClN3O. The third-order valence-electron chi connectivity index (χ3n) is 4.31. The van der Waals surface area contributed by atoms with Gasteiger partial charge < -0.3 is 5.11 Å². The molecule has 1 atom stereocenters. The van der Waals surface area contributed by atoms with E-state index in [1.54, 1.807) is 0 Å². The summed E-state index contributed by atoms with van der Waals surface area (Å²) < 4.78 is 0. The number of nitrogens with one attached hydrogen (secondary N) is 1. The Kier molecular flexibility index (Phi) is 5.48. The van der Waals surface area contributed by atoms with E-state index in [1.165, 1.54) is 0 Å². The fourth-order valence-electron chi connectivity index (χ4n) is 4.02. The standard InChI is InChI=1S/C15H28ClN3O/c1-6-19-13(2,3)9-15(11-17,10-14(19,4)5)18-8-12(20)7-16/h12,18,20H,6-10H2,1-5H3. The van der Waals surface area contributed by atoms with Gasteiger partial charge in [0.1, 0.15) is 5.54 Å². The first kappa shape index (κ1) is 17.7. The van der Waals surface area contributed by atoms with Crippen LogP contribution in [0.4, 0.5) is 0 Å². The molecule has 1 rings (SSSR count). The Labute approximate surface area is 128 Å². The van der Waals surface area contributed by atoms with Gasteiger partial charge in [0.05, 0.1) is 12.2 Å². The smallest absolute Gasteiger partial charge is 0.110 e. The minimum Gasteiger partial charge on any atom is -0.391 e. The molecule has 0 radical (unpaired) electrons. The number of aliphatic hydroxyl groups excluding tert-OH is 1. The van der Waals surface area contributed by atoms with Crippen LogP contribution in [0.5, 0.6) is 0 Å². The summed E-state index contributed by atoms with van der Waals surface area (Å²) in [5, 5.41) is 22.6. The Morgan fingerprint density at radius 1 is 1.30 bits per heavy atom. The molecular weight excluding hydrogens is 274 g/mol. The van der Waals surface area contributed by atoms with Crippen LogP contribution in [0, 0.1) is 11.3 Å². The fourth-order valence-corrected chi connectivity index (χ4v) is 4.13. The highest BCUT2D eigenvalue weighted by molar-refractivity contribution is 6.18. The molecule has 0 aliphatic carbocycles. The molecule has 1 unspecified atom stereocenters. The van der Waals surface area contributed by atoms with Crippen molar-refractivity contribution in [2.24, 2.45) is 0 Å². The average molecular weight is 302 g/mol. The minimum absolute atomic E-state index is 0.0643. The molecule has 1 fully saturated rings. The average Bonchev–Trinajstić information content (AvgIpc) is 2.33. The normalized spacial score (nSPS) is 25.9. The van der Waals surface area contributed by atoms with Gasteiger partial charge in [0.15, 0.2) is 0 Å². The first-order chi connectivity index (χ1) is 9.12. The van der Waals surface area contributed by atoms with Crippen LogP contribution in [-0.2, 0) is 0 Å². The molecule has 1 aliphatic heterocycles. The van der Waals surface area contributed by atoms with Gasteiger partial charge in [-0.3, -0.25) is 10.2 Å². The summed E-state index contributed by atoms with van der Waals surface area (Å²) in [6, 6.07) is 2.46. The Bertz CT molecular complexity index is 358. The van der Waals surface area contributed by atoms with E-state index >= 15 is 0 Å². The van der Waals surface area contributed by atoms with E-state index < -0.39 is 11.6 Å². The highest BCUT2D eigenvalue weighted by Crippen LogP contribution is 2.43. The lowest BCUT2D eigenvalue weighted by atomic mass is 9.69. The molecule has 1 saturated heterocycles. The van der Waals surface area contributed by atoms with Gasteiger partial charge in [-0.25, -0.2) is 0 Å². The van der Waals surface area contributed by atoms with Crippen molar-refractivity contribution in [1.29, 1.82) is 5.26 Å². The molecule has 0 bridgehead atoms. The minimum atomic E-state index is -0.614. The molecule has 0 aromatic heterocycles. The fraction of sp³-hybridized carbons (Fsp3) is 0.933. The summed E-state index contributed by atoms with van der Waals surface area (Å²) in [7, 11) is 0. The molecule has 0 aromatic rings. The molecule has 0 spiro atoms. The van der Waals surface area contributed by atoms with Gasteiger partial charge in [-0.15, -0.1) is 11.6 Å². The van der Waals surface area contributed by atoms with E-state index in [0.29, 0.717) is 6.54 Å². The van der Waals surface area contributed by atoms with E-state index in [-0.39, 0.29) is 17.0 Å². The van der Waals surface area contributed by atoms with Crippen LogP contribution in [0.1, 0.15) is 47.5 Å². The van der Waals surface area contributed by atoms with E-state index in [9.17, 15) is 10.4 Å². The number of rotatable bonds is 5. The second kappa shape index (κ2) is 6.19. The second-order valence-corrected chi connectivity index (χ2v) is 7.41. The molecule has 116 valence electrons. The number of nitriles is 1. The first-order valence-corrected chi connectivity index (χ1v) is 7.84. The summed E-state index contributed by atoms with van der Waals surface area (Å²) in [6.07, 6.45) is 0.864. The Morgan fingerprint density at radius 3 is 2.15 bits per heavy atom. The van der Waals surface area contributed by atoms with Crippen molar-refractivity contribution in [1.82, 2.24) is 10.2 Å². The maximum Gasteiger partial charge on any atom is 0.110 e. The third kappa shape index (κ3) is 3.65. The number of likely N-dealkylation sites (tertiary alicyclic amines) is 1. The zero-order valence-corrected chi connectivity index (χ0v) is 14.1. The number of halogens is 1. The molecule has 20 heavy (non-hydrogen) atoms. The summed E-state index contributed by atoms with van der Waals surface area (Å²) in [6.45, 7) is 12.2. The lowest BCUT2D eigenvalue weighted by molar-refractivity contribution is -0.0536. The number of aliphatic hydroxyl groups is 1. The van der Waals surface area contributed by atoms with Crippen molar-refractivity contribution in [2.75, 3.05) is 19.0 Å². The third-order valence-corrected chi connectivity index (χ3v) is 4.67. The number of hydrogen-bond donors (Lipinski definition) is 2. The number of β-amino-alcohol motifs (C(OH)–C–C–N with tert-alkyl or cyclic N) is 1. The summed E-state index contributed by atoms with van der Waals surface area (Å²) in [5.74, 6) is 0.183. The van der Waals surface area contributed by atoms with E-state index in [1.807, 2.05) is 0 Å². The van der Waals surface area contributed by atoms with E-state index in [2.05, 4.69) is 50.9 Å². The largest absolute Gasteiger partial charge is 0.391 e. The molecule has 0 aromatic carbocycles. The number of alkyl halides is 1. The Morgan fingerprint density at radius 2 is 1.80 bits per heavy atom. The van der Waals surface area contributed by atoms with Gasteiger partial charge in [-0.2, -0.15) is 5.26 Å². The zero-order valence-electron chi connectivity index (χ0n) is 13.3. The SMILES string of the molecule is CCN1C(C)(C)CC(C#N)(NCC(O)CCl)CC1(C)C. The van der Waals surface area contributed by atoms with Crippen molar-refractivity contribution in [2.45, 2.75) is 70.2 Å². The van der Waals surface area contributed by atoms with Crippen LogP contribution >= 0.6 is 11.6 Å². The maximum atomic E-state index is 9.70. The zero-order chi connectivity index (χ0) is 15.6. The first-order valence-electron chi connectivity index (χ1n) is 7.30. The van der Waals surface area contributed by atoms with E-state index in [4.69, 9.17) is 11.6 Å². The predicted molar refractivity (Wildman–Crippen MR) is 82.8 cm³/mol. The summed E-state index contributed by atoms with van der Waals surface area (Å²) in [4.78, 5) is 2.45. The molecule has 0 amide bonds. The molecule has 4 nitrogen and oxygen atoms in total. The van der Waals surface area contributed by atoms with Crippen LogP contribution in [0.2, 0.25) is 0 Å². The van der Waals surface area contributed by atoms with Crippen molar-refractivity contribution >= 4 is 11.6 Å². The van der Waals surface area contributed by atoms with Crippen molar-refractivity contribution in [3.05, 3.63) is 0 Å². The highest BCUT2D eigenvalue weighted by atomic mass is 35.5. The maximum absolute atomic E-state index is 9.70. The molecule has 1 heterocycles. The van der Waals surface area contributed by atoms with Crippen LogP contribution in [0.3, 0.4) is 0 Å². The molecule has 1 aliphatic rings. The number of nitrogens with zero attached hydrogens (tertiary/aromatic N) is 2. The lowest BCUT2D eigenvalue weighted by Gasteiger charge is -2.57. The summed E-state index contributed by atoms with van der Waals surface area (Å²) in [5.41, 5.74) is -0.734. The van der Waals surface area contributed by atoms with Crippen LogP contribution < -0.4 is 5.32 Å². The molecule has 2 N–H and O–H groups in total. The second-order valence-electron chi connectivity index (χ2n) is 7.11. The topological polar surface area (TPSA) is 59.3 Å². The van der Waals surface area contributed by atoms with Gasteiger partial charge in [0, 0.05) is 23.5 Å². The summed E-state index contributed by atoms with van der Waals surface area (Å²) >= 11 is 5.63. The predicted octanol–water partition coefficient (Wildman–Crippen LogP) is 2.11. The van der Waals surface area contributed by atoms with Crippen molar-refractivity contribution < 1.29 is 5.11 Å². The quantitative estimate of drug-likeness (QED) is 0.764. The molecule has 0 saturated carbocycles. The monoisotopic (exact) mass is 301 g/mol. The van der Waals surface area contributed by atoms with Crippen molar-refractivity contribution in [3.63, 3.8) is 0 Å². The van der Waals surface area contributed by atoms with Crippen LogP contribution in [0.15, 0.2) is 0 Å². The van der Waals surface area contributed by atoms with Crippen LogP contribution in [0.25, 0.3) is 0 Å². The van der Waals surface area contributed by atoms with Gasteiger partial charge >= 0.3 is 0 Å². The van der Waals surface area contributed by atoms with Gasteiger partial charge in [-0.05, 0) is 47.1 Å². The Hall–Kier alpha value is -0.340. The van der Waals surface area contributed by atoms with Crippen LogP contribution in [-0.4, -0.2) is 51.7 Å². The van der Waals surface area contributed by atoms with Gasteiger partial charge in [-0.1, -0.05) is 6.92 Å². The van der Waals surface area contributed by atoms with Gasteiger partial charge in [0.2, 0.25) is 0 Å². The Balaban J connectivity index is 2.97. The lowest BCUT2D eigenvalue weighted by Crippen LogP contribution is -2.68.